The molecule has 0 heterocycles. The molecule has 0 saturated heterocycles. The highest BCUT2D eigenvalue weighted by molar-refractivity contribution is 5.92. The van der Waals surface area contributed by atoms with Crippen LogP contribution in [0.1, 0.15) is 109 Å². The van der Waals surface area contributed by atoms with E-state index < -0.39 is 23.8 Å². The molecule has 232 valence electrons. The molecule has 0 aliphatic heterocycles. The Kier molecular flexibility index (Phi) is 15.1. The van der Waals surface area contributed by atoms with E-state index in [4.69, 9.17) is 4.74 Å². The SMILES string of the molecule is CCCCCCCN(C(=O)C(Cc1ccccc1)NC(=O)OC(C)(C)C)C(C(=O)NCCCCC)c1cccc(C)c1. The number of nitrogens with zero attached hydrogens (tertiary/aromatic N) is 1. The lowest BCUT2D eigenvalue weighted by atomic mass is 9.98. The van der Waals surface area contributed by atoms with Crippen molar-refractivity contribution in [1.29, 1.82) is 0 Å². The van der Waals surface area contributed by atoms with Gasteiger partial charge in [-0.1, -0.05) is 113 Å². The Labute approximate surface area is 253 Å². The average molecular weight is 580 g/mol. The minimum atomic E-state index is -0.905. The molecule has 0 aromatic heterocycles. The summed E-state index contributed by atoms with van der Waals surface area (Å²) >= 11 is 0. The quantitative estimate of drug-likeness (QED) is 0.193. The molecule has 7 nitrogen and oxygen atoms in total. The van der Waals surface area contributed by atoms with Crippen molar-refractivity contribution in [3.63, 3.8) is 0 Å². The highest BCUT2D eigenvalue weighted by Crippen LogP contribution is 2.25. The number of alkyl carbamates (subject to hydrolysis) is 1. The van der Waals surface area contributed by atoms with E-state index >= 15 is 0 Å². The summed E-state index contributed by atoms with van der Waals surface area (Å²) in [6.07, 6.45) is 7.62. The zero-order valence-electron chi connectivity index (χ0n) is 26.7. The summed E-state index contributed by atoms with van der Waals surface area (Å²) in [6, 6.07) is 15.7. The fourth-order valence-electron chi connectivity index (χ4n) is 4.95. The third-order valence-corrected chi connectivity index (χ3v) is 7.05. The number of nitrogens with one attached hydrogen (secondary N) is 2. The Morgan fingerprint density at radius 1 is 0.857 bits per heavy atom. The molecule has 2 N–H and O–H groups in total. The van der Waals surface area contributed by atoms with Crippen molar-refractivity contribution in [3.8, 4) is 0 Å². The van der Waals surface area contributed by atoms with Crippen LogP contribution >= 0.6 is 0 Å². The van der Waals surface area contributed by atoms with Gasteiger partial charge in [0.15, 0.2) is 0 Å². The Bertz CT molecular complexity index is 1100. The lowest BCUT2D eigenvalue weighted by Crippen LogP contribution is -2.54. The van der Waals surface area contributed by atoms with Crippen molar-refractivity contribution in [1.82, 2.24) is 15.5 Å². The number of hydrogen-bond donors (Lipinski definition) is 2. The van der Waals surface area contributed by atoms with Gasteiger partial charge < -0.3 is 20.3 Å². The van der Waals surface area contributed by atoms with Gasteiger partial charge in [-0.15, -0.1) is 0 Å². The van der Waals surface area contributed by atoms with Crippen molar-refractivity contribution in [2.24, 2.45) is 0 Å². The van der Waals surface area contributed by atoms with E-state index in [1.165, 1.54) is 0 Å². The summed E-state index contributed by atoms with van der Waals surface area (Å²) in [5, 5.41) is 5.94. The second-order valence-corrected chi connectivity index (χ2v) is 12.1. The Morgan fingerprint density at radius 3 is 2.17 bits per heavy atom. The van der Waals surface area contributed by atoms with Gasteiger partial charge in [-0.25, -0.2) is 4.79 Å². The summed E-state index contributed by atoms with van der Waals surface area (Å²) in [6.45, 7) is 12.6. The third-order valence-electron chi connectivity index (χ3n) is 7.05. The van der Waals surface area contributed by atoms with Crippen LogP contribution in [-0.2, 0) is 20.7 Å². The average Bonchev–Trinajstić information content (AvgIpc) is 2.93. The zero-order chi connectivity index (χ0) is 31.0. The number of carbonyl (C=O) groups is 3. The number of rotatable bonds is 17. The van der Waals surface area contributed by atoms with Gasteiger partial charge in [0.1, 0.15) is 17.7 Å². The second-order valence-electron chi connectivity index (χ2n) is 12.1. The molecule has 7 heteroatoms. The number of benzene rings is 2. The standard InChI is InChI=1S/C35H53N3O4/c1-7-9-11-12-17-24-38(31(29-22-18-19-27(3)25-29)32(39)36-23-16-10-8-2)33(40)30(26-28-20-14-13-15-21-28)37-34(41)42-35(4,5)6/h13-15,18-22,25,30-31H,7-12,16-17,23-24,26H2,1-6H3,(H,36,39)(H,37,41). The third kappa shape index (κ3) is 12.7. The maximum Gasteiger partial charge on any atom is 0.408 e. The maximum absolute atomic E-state index is 14.5. The fraction of sp³-hybridized carbons (Fsp3) is 0.571. The van der Waals surface area contributed by atoms with E-state index in [-0.39, 0.29) is 18.2 Å². The van der Waals surface area contributed by atoms with E-state index in [1.54, 1.807) is 25.7 Å². The second kappa shape index (κ2) is 18.2. The number of hydrogen-bond acceptors (Lipinski definition) is 4. The Morgan fingerprint density at radius 2 is 1.52 bits per heavy atom. The van der Waals surface area contributed by atoms with E-state index in [0.29, 0.717) is 13.1 Å². The molecule has 0 saturated carbocycles. The van der Waals surface area contributed by atoms with Crippen LogP contribution in [0, 0.1) is 6.92 Å². The van der Waals surface area contributed by atoms with Crippen LogP contribution in [0.3, 0.4) is 0 Å². The highest BCUT2D eigenvalue weighted by atomic mass is 16.6. The number of aryl methyl sites for hydroxylation is 1. The van der Waals surface area contributed by atoms with Gasteiger partial charge >= 0.3 is 6.09 Å². The van der Waals surface area contributed by atoms with Gasteiger partial charge in [-0.05, 0) is 51.7 Å². The van der Waals surface area contributed by atoms with Gasteiger partial charge in [-0.2, -0.15) is 0 Å². The molecule has 0 spiro atoms. The van der Waals surface area contributed by atoms with E-state index in [9.17, 15) is 14.4 Å². The largest absolute Gasteiger partial charge is 0.444 e. The predicted molar refractivity (Wildman–Crippen MR) is 170 cm³/mol. The molecule has 2 unspecified atom stereocenters. The van der Waals surface area contributed by atoms with Crippen molar-refractivity contribution >= 4 is 17.9 Å². The van der Waals surface area contributed by atoms with Crippen molar-refractivity contribution in [2.75, 3.05) is 13.1 Å². The monoisotopic (exact) mass is 579 g/mol. The Hall–Kier alpha value is -3.35. The van der Waals surface area contributed by atoms with Crippen LogP contribution in [-0.4, -0.2) is 47.5 Å². The first kappa shape index (κ1) is 34.8. The van der Waals surface area contributed by atoms with Crippen LogP contribution in [0.2, 0.25) is 0 Å². The van der Waals surface area contributed by atoms with Crippen LogP contribution in [0.4, 0.5) is 4.79 Å². The first-order valence-electron chi connectivity index (χ1n) is 15.7. The minimum absolute atomic E-state index is 0.200. The predicted octanol–water partition coefficient (Wildman–Crippen LogP) is 7.28. The smallest absolute Gasteiger partial charge is 0.408 e. The van der Waals surface area contributed by atoms with Crippen LogP contribution in [0.5, 0.6) is 0 Å². The number of carbonyl (C=O) groups excluding carboxylic acids is 3. The molecule has 0 bridgehead atoms. The fourth-order valence-corrected chi connectivity index (χ4v) is 4.95. The van der Waals surface area contributed by atoms with Gasteiger partial charge in [0.05, 0.1) is 0 Å². The first-order chi connectivity index (χ1) is 20.1. The lowest BCUT2D eigenvalue weighted by Gasteiger charge is -2.35. The van der Waals surface area contributed by atoms with E-state index in [1.807, 2.05) is 61.5 Å². The molecular weight excluding hydrogens is 526 g/mol. The normalized spacial score (nSPS) is 12.7. The molecule has 3 amide bonds. The summed E-state index contributed by atoms with van der Waals surface area (Å²) in [4.78, 5) is 43.0. The molecule has 42 heavy (non-hydrogen) atoms. The molecule has 2 atom stereocenters. The van der Waals surface area contributed by atoms with E-state index in [2.05, 4.69) is 24.5 Å². The highest BCUT2D eigenvalue weighted by Gasteiger charge is 2.36. The molecule has 0 radical (unpaired) electrons. The van der Waals surface area contributed by atoms with Gasteiger partial charge in [0.2, 0.25) is 11.8 Å². The van der Waals surface area contributed by atoms with E-state index in [0.717, 1.165) is 68.1 Å². The summed E-state index contributed by atoms with van der Waals surface area (Å²) in [5.41, 5.74) is 1.97. The number of unbranched alkanes of at least 4 members (excludes halogenated alkanes) is 6. The molecule has 2 aromatic carbocycles. The molecule has 0 fully saturated rings. The zero-order valence-corrected chi connectivity index (χ0v) is 26.7. The van der Waals surface area contributed by atoms with Crippen molar-refractivity contribution < 1.29 is 19.1 Å². The van der Waals surface area contributed by atoms with Crippen LogP contribution in [0.25, 0.3) is 0 Å². The minimum Gasteiger partial charge on any atom is -0.444 e. The maximum atomic E-state index is 14.5. The molecule has 0 aliphatic carbocycles. The summed E-state index contributed by atoms with van der Waals surface area (Å²) in [7, 11) is 0. The summed E-state index contributed by atoms with van der Waals surface area (Å²) in [5.74, 6) is -0.496. The van der Waals surface area contributed by atoms with Crippen molar-refractivity contribution in [3.05, 3.63) is 71.3 Å². The van der Waals surface area contributed by atoms with Crippen molar-refractivity contribution in [2.45, 2.75) is 117 Å². The molecule has 0 aliphatic rings. The topological polar surface area (TPSA) is 87.7 Å². The molecule has 2 aromatic rings. The van der Waals surface area contributed by atoms with Gasteiger partial charge in [-0.3, -0.25) is 9.59 Å². The van der Waals surface area contributed by atoms with Crippen LogP contribution in [0.15, 0.2) is 54.6 Å². The Balaban J connectivity index is 2.50. The number of amides is 3. The van der Waals surface area contributed by atoms with Crippen LogP contribution < -0.4 is 10.6 Å². The number of ether oxygens (including phenoxy) is 1. The molecular formula is C35H53N3O4. The van der Waals surface area contributed by atoms with Gasteiger partial charge in [0.25, 0.3) is 0 Å². The first-order valence-corrected chi connectivity index (χ1v) is 15.7. The van der Waals surface area contributed by atoms with Gasteiger partial charge in [0, 0.05) is 19.5 Å². The summed E-state index contributed by atoms with van der Waals surface area (Å²) < 4.78 is 5.55. The lowest BCUT2D eigenvalue weighted by molar-refractivity contribution is -0.142. The molecule has 2 rings (SSSR count).